The Bertz CT molecular complexity index is 383. The molecule has 0 saturated heterocycles. The van der Waals surface area contributed by atoms with Gasteiger partial charge in [0.25, 0.3) is 0 Å². The van der Waals surface area contributed by atoms with Crippen LogP contribution in [0.4, 0.5) is 4.79 Å². The van der Waals surface area contributed by atoms with Gasteiger partial charge in [0, 0.05) is 10.8 Å². The molecule has 1 fully saturated rings. The van der Waals surface area contributed by atoms with Gasteiger partial charge in [0.1, 0.15) is 0 Å². The van der Waals surface area contributed by atoms with Crippen molar-refractivity contribution in [3.8, 4) is 0 Å². The Morgan fingerprint density at radius 2 is 1.90 bits per heavy atom. The van der Waals surface area contributed by atoms with Gasteiger partial charge in [-0.3, -0.25) is 15.6 Å². The summed E-state index contributed by atoms with van der Waals surface area (Å²) < 4.78 is 0. The summed E-state index contributed by atoms with van der Waals surface area (Å²) in [6.45, 7) is 3.99. The zero-order valence-corrected chi connectivity index (χ0v) is 15.1. The molecule has 9 heteroatoms. The van der Waals surface area contributed by atoms with Crippen LogP contribution >= 0.6 is 33.8 Å². The van der Waals surface area contributed by atoms with E-state index in [9.17, 15) is 4.79 Å². The monoisotopic (exact) mass is 349 g/mol. The first kappa shape index (κ1) is 18.5. The number of hydrazine groups is 1. The first-order valence-electron chi connectivity index (χ1n) is 6.98. The van der Waals surface area contributed by atoms with E-state index in [2.05, 4.69) is 26.4 Å². The Morgan fingerprint density at radius 3 is 2.48 bits per heavy atom. The van der Waals surface area contributed by atoms with Crippen LogP contribution in [-0.2, 0) is 0 Å². The highest BCUT2D eigenvalue weighted by Crippen LogP contribution is 2.30. The standard InChI is InChI=1S/C12H23N5OS3/c1-9(2)14-17-12(7-5-4-6-8-12)13-10(19)15-16-11(18)21-20-3/h9H,4-8H2,1-3H3,(H,16,18)(H2,13,15,19). The summed E-state index contributed by atoms with van der Waals surface area (Å²) in [7, 11) is 2.48. The number of thiocarbonyl (C=S) groups is 1. The second-order valence-electron chi connectivity index (χ2n) is 5.14. The van der Waals surface area contributed by atoms with Crippen LogP contribution < -0.4 is 16.2 Å². The quantitative estimate of drug-likeness (QED) is 0.311. The van der Waals surface area contributed by atoms with Gasteiger partial charge < -0.3 is 5.32 Å². The molecule has 0 unspecified atom stereocenters. The normalized spacial score (nSPS) is 17.7. The molecule has 0 aromatic carbocycles. The second-order valence-corrected chi connectivity index (χ2v) is 7.92. The van der Waals surface area contributed by atoms with E-state index in [1.54, 1.807) is 0 Å². The Balaban J connectivity index is 2.55. The van der Waals surface area contributed by atoms with Gasteiger partial charge in [-0.1, -0.05) is 17.2 Å². The van der Waals surface area contributed by atoms with E-state index >= 15 is 0 Å². The molecule has 120 valence electrons. The third-order valence-corrected chi connectivity index (χ3v) is 4.52. The summed E-state index contributed by atoms with van der Waals surface area (Å²) >= 11 is 5.23. The summed E-state index contributed by atoms with van der Waals surface area (Å²) in [5, 5.41) is 12.2. The number of carbonyl (C=O) groups excluding carboxylic acids is 1. The number of azo groups is 1. The summed E-state index contributed by atoms with van der Waals surface area (Å²) in [5.74, 6) is 0. The predicted molar refractivity (Wildman–Crippen MR) is 94.3 cm³/mol. The van der Waals surface area contributed by atoms with Crippen molar-refractivity contribution in [1.82, 2.24) is 16.2 Å². The van der Waals surface area contributed by atoms with Gasteiger partial charge >= 0.3 is 5.24 Å². The molecular formula is C12H23N5OS3. The number of carbonyl (C=O) groups is 1. The lowest BCUT2D eigenvalue weighted by Crippen LogP contribution is -2.55. The van der Waals surface area contributed by atoms with E-state index in [1.807, 2.05) is 20.1 Å². The Kier molecular flexibility index (Phi) is 8.35. The average molecular weight is 350 g/mol. The van der Waals surface area contributed by atoms with Crippen LogP contribution in [0, 0.1) is 0 Å². The minimum atomic E-state index is -0.440. The summed E-state index contributed by atoms with van der Waals surface area (Å²) in [4.78, 5) is 11.4. The number of amides is 1. The largest absolute Gasteiger partial charge is 0.336 e. The highest BCUT2D eigenvalue weighted by Gasteiger charge is 2.33. The lowest BCUT2D eigenvalue weighted by Gasteiger charge is -2.34. The number of hydrogen-bond donors (Lipinski definition) is 3. The van der Waals surface area contributed by atoms with Crippen molar-refractivity contribution in [2.24, 2.45) is 10.2 Å². The van der Waals surface area contributed by atoms with Gasteiger partial charge in [-0.15, -0.1) is 0 Å². The van der Waals surface area contributed by atoms with Gasteiger partial charge in [0.15, 0.2) is 10.8 Å². The highest BCUT2D eigenvalue weighted by atomic mass is 33.1. The summed E-state index contributed by atoms with van der Waals surface area (Å²) in [6, 6.07) is 0.157. The molecule has 0 radical (unpaired) electrons. The molecule has 0 spiro atoms. The molecule has 0 atom stereocenters. The van der Waals surface area contributed by atoms with Gasteiger partial charge in [-0.2, -0.15) is 10.2 Å². The van der Waals surface area contributed by atoms with E-state index in [-0.39, 0.29) is 11.3 Å². The van der Waals surface area contributed by atoms with Gasteiger partial charge in [-0.05, 0) is 58.0 Å². The number of nitrogens with zero attached hydrogens (tertiary/aromatic N) is 2. The molecule has 1 rings (SSSR count). The van der Waals surface area contributed by atoms with E-state index in [1.165, 1.54) is 17.2 Å². The van der Waals surface area contributed by atoms with Crippen LogP contribution in [0.5, 0.6) is 0 Å². The predicted octanol–water partition coefficient (Wildman–Crippen LogP) is 3.61. The third kappa shape index (κ3) is 7.32. The molecule has 0 aromatic rings. The van der Waals surface area contributed by atoms with E-state index in [4.69, 9.17) is 12.2 Å². The van der Waals surface area contributed by atoms with Crippen molar-refractivity contribution in [3.63, 3.8) is 0 Å². The lowest BCUT2D eigenvalue weighted by atomic mass is 9.90. The molecule has 0 aliphatic heterocycles. The van der Waals surface area contributed by atoms with Crippen LogP contribution in [0.3, 0.4) is 0 Å². The molecule has 6 nitrogen and oxygen atoms in total. The van der Waals surface area contributed by atoms with Crippen LogP contribution in [0.2, 0.25) is 0 Å². The first-order chi connectivity index (χ1) is 9.97. The first-order valence-corrected chi connectivity index (χ1v) is 9.95. The molecular weight excluding hydrogens is 326 g/mol. The fourth-order valence-electron chi connectivity index (χ4n) is 2.06. The smallest absolute Gasteiger partial charge is 0.308 e. The molecule has 21 heavy (non-hydrogen) atoms. The van der Waals surface area contributed by atoms with Crippen LogP contribution in [-0.4, -0.2) is 28.3 Å². The molecule has 1 saturated carbocycles. The second kappa shape index (κ2) is 9.47. The maximum atomic E-state index is 11.4. The maximum absolute atomic E-state index is 11.4. The van der Waals surface area contributed by atoms with Gasteiger partial charge in [0.05, 0.1) is 6.04 Å². The molecule has 1 aliphatic rings. The minimum absolute atomic E-state index is 0.157. The van der Waals surface area contributed by atoms with Crippen molar-refractivity contribution in [2.75, 3.05) is 6.26 Å². The van der Waals surface area contributed by atoms with Crippen molar-refractivity contribution >= 4 is 44.2 Å². The Labute approximate surface area is 139 Å². The third-order valence-electron chi connectivity index (χ3n) is 2.94. The fraction of sp³-hybridized carbons (Fsp3) is 0.833. The Morgan fingerprint density at radius 1 is 1.24 bits per heavy atom. The van der Waals surface area contributed by atoms with Crippen molar-refractivity contribution in [3.05, 3.63) is 0 Å². The minimum Gasteiger partial charge on any atom is -0.336 e. The number of hydrogen-bond acceptors (Lipinski definition) is 6. The van der Waals surface area contributed by atoms with Gasteiger partial charge in [0.2, 0.25) is 0 Å². The zero-order chi connectivity index (χ0) is 15.7. The zero-order valence-electron chi connectivity index (χ0n) is 12.6. The summed E-state index contributed by atoms with van der Waals surface area (Å²) in [5.41, 5.74) is 4.80. The highest BCUT2D eigenvalue weighted by molar-refractivity contribution is 8.81. The van der Waals surface area contributed by atoms with Crippen molar-refractivity contribution in [2.45, 2.75) is 57.7 Å². The molecule has 0 heterocycles. The fourth-order valence-corrected chi connectivity index (χ4v) is 3.12. The maximum Gasteiger partial charge on any atom is 0.308 e. The lowest BCUT2D eigenvalue weighted by molar-refractivity contribution is 0.254. The molecule has 1 aliphatic carbocycles. The molecule has 3 N–H and O–H groups in total. The topological polar surface area (TPSA) is 77.9 Å². The number of rotatable bonds is 4. The molecule has 0 aromatic heterocycles. The van der Waals surface area contributed by atoms with Crippen LogP contribution in [0.25, 0.3) is 0 Å². The molecule has 1 amide bonds. The van der Waals surface area contributed by atoms with E-state index in [0.29, 0.717) is 5.11 Å². The SMILES string of the molecule is CSSC(=O)NNC(=S)NC1(N=NC(C)C)CCCCC1. The number of nitrogens with one attached hydrogen (secondary N) is 3. The molecule has 0 bridgehead atoms. The van der Waals surface area contributed by atoms with Crippen LogP contribution in [0.15, 0.2) is 10.2 Å². The summed E-state index contributed by atoms with van der Waals surface area (Å²) in [6.07, 6.45) is 7.05. The van der Waals surface area contributed by atoms with Gasteiger partial charge in [-0.25, -0.2) is 0 Å². The van der Waals surface area contributed by atoms with E-state index < -0.39 is 5.66 Å². The van der Waals surface area contributed by atoms with Crippen LogP contribution in [0.1, 0.15) is 46.0 Å². The van der Waals surface area contributed by atoms with Crippen molar-refractivity contribution in [1.29, 1.82) is 0 Å². The average Bonchev–Trinajstić information content (AvgIpc) is 2.44. The van der Waals surface area contributed by atoms with E-state index in [0.717, 1.165) is 36.5 Å². The Hall–Kier alpha value is -0.540. The van der Waals surface area contributed by atoms with Crippen molar-refractivity contribution < 1.29 is 4.79 Å².